The van der Waals surface area contributed by atoms with Crippen molar-refractivity contribution in [2.24, 2.45) is 0 Å². The molecule has 0 atom stereocenters. The lowest BCUT2D eigenvalue weighted by Crippen LogP contribution is -2.44. The topological polar surface area (TPSA) is 49.3 Å². The molecule has 0 unspecified atom stereocenters. The van der Waals surface area contributed by atoms with E-state index in [0.717, 1.165) is 38.3 Å². The molecule has 0 aliphatic carbocycles. The zero-order valence-corrected chi connectivity index (χ0v) is 8.76. The van der Waals surface area contributed by atoms with Crippen molar-refractivity contribution in [3.63, 3.8) is 0 Å². The van der Waals surface area contributed by atoms with Gasteiger partial charge in [-0.15, -0.1) is 0 Å². The van der Waals surface area contributed by atoms with Crippen molar-refractivity contribution >= 4 is 12.1 Å². The Morgan fingerprint density at radius 1 is 1.27 bits per heavy atom. The number of carbonyl (C=O) groups is 1. The summed E-state index contributed by atoms with van der Waals surface area (Å²) in [6.07, 6.45) is 3.91. The normalized spacial score (nSPS) is 17.8. The summed E-state index contributed by atoms with van der Waals surface area (Å²) >= 11 is 0. The Kier molecular flexibility index (Phi) is 2.91. The van der Waals surface area contributed by atoms with Gasteiger partial charge in [0.2, 0.25) is 0 Å². The Balaban J connectivity index is 2.11. The lowest BCUT2D eigenvalue weighted by Gasteiger charge is -2.32. The molecular weight excluding hydrogens is 192 g/mol. The van der Waals surface area contributed by atoms with Crippen molar-refractivity contribution in [2.45, 2.75) is 0 Å². The lowest BCUT2D eigenvalue weighted by atomic mass is 10.3. The molecule has 0 bridgehead atoms. The maximum atomic E-state index is 10.6. The first-order chi connectivity index (χ1) is 7.29. The van der Waals surface area contributed by atoms with Crippen LogP contribution in [0.5, 0.6) is 0 Å². The summed E-state index contributed by atoms with van der Waals surface area (Å²) in [6.45, 7) is 3.92. The van der Waals surface area contributed by atoms with Gasteiger partial charge < -0.3 is 9.80 Å². The fourth-order valence-corrected chi connectivity index (χ4v) is 1.61. The molecule has 1 aliphatic heterocycles. The minimum atomic E-state index is 0.395. The summed E-state index contributed by atoms with van der Waals surface area (Å²) in [5, 5.41) is 0. The van der Waals surface area contributed by atoms with Crippen LogP contribution in [0.3, 0.4) is 0 Å². The van der Waals surface area contributed by atoms with Gasteiger partial charge in [-0.2, -0.15) is 0 Å². The fraction of sp³-hybridized carbons (Fsp3) is 0.500. The zero-order chi connectivity index (χ0) is 10.7. The SMILES string of the molecule is CN1CCN(c2cncc(C=O)n2)CC1. The number of aromatic nitrogens is 2. The van der Waals surface area contributed by atoms with Gasteiger partial charge in [-0.1, -0.05) is 0 Å². The molecule has 80 valence electrons. The molecule has 0 spiro atoms. The maximum Gasteiger partial charge on any atom is 0.170 e. The fourth-order valence-electron chi connectivity index (χ4n) is 1.61. The highest BCUT2D eigenvalue weighted by Gasteiger charge is 2.15. The van der Waals surface area contributed by atoms with Crippen LogP contribution < -0.4 is 4.90 Å². The summed E-state index contributed by atoms with van der Waals surface area (Å²) < 4.78 is 0. The Bertz CT molecular complexity index is 347. The Morgan fingerprint density at radius 3 is 2.67 bits per heavy atom. The average Bonchev–Trinajstić information content (AvgIpc) is 2.30. The molecule has 1 aromatic rings. The quantitative estimate of drug-likeness (QED) is 0.639. The van der Waals surface area contributed by atoms with Crippen molar-refractivity contribution in [2.75, 3.05) is 38.1 Å². The van der Waals surface area contributed by atoms with E-state index in [1.165, 1.54) is 6.20 Å². The Hall–Kier alpha value is -1.49. The highest BCUT2D eigenvalue weighted by atomic mass is 16.1. The Labute approximate surface area is 88.7 Å². The van der Waals surface area contributed by atoms with Crippen LogP contribution in [0.1, 0.15) is 10.5 Å². The van der Waals surface area contributed by atoms with Crippen molar-refractivity contribution < 1.29 is 4.79 Å². The average molecular weight is 206 g/mol. The molecule has 1 aliphatic rings. The number of hydrogen-bond acceptors (Lipinski definition) is 5. The minimum absolute atomic E-state index is 0.395. The van der Waals surface area contributed by atoms with Gasteiger partial charge in [0, 0.05) is 26.2 Å². The summed E-state index contributed by atoms with van der Waals surface area (Å²) in [5.74, 6) is 0.799. The number of hydrogen-bond donors (Lipinski definition) is 0. The van der Waals surface area contributed by atoms with Gasteiger partial charge in [0.25, 0.3) is 0 Å². The first kappa shape index (κ1) is 10.0. The number of aldehydes is 1. The largest absolute Gasteiger partial charge is 0.353 e. The summed E-state index contributed by atoms with van der Waals surface area (Å²) in [6, 6.07) is 0. The predicted octanol–water partition coefficient (Wildman–Crippen LogP) is 0.0409. The van der Waals surface area contributed by atoms with Gasteiger partial charge in [0.15, 0.2) is 6.29 Å². The molecule has 5 nitrogen and oxygen atoms in total. The van der Waals surface area contributed by atoms with Crippen molar-refractivity contribution in [1.29, 1.82) is 0 Å². The molecule has 1 aromatic heterocycles. The monoisotopic (exact) mass is 206 g/mol. The highest BCUT2D eigenvalue weighted by Crippen LogP contribution is 2.11. The second kappa shape index (κ2) is 4.35. The van der Waals surface area contributed by atoms with E-state index in [4.69, 9.17) is 0 Å². The van der Waals surface area contributed by atoms with Gasteiger partial charge >= 0.3 is 0 Å². The van der Waals surface area contributed by atoms with E-state index in [1.54, 1.807) is 6.20 Å². The zero-order valence-electron chi connectivity index (χ0n) is 8.76. The molecule has 0 aromatic carbocycles. The van der Waals surface area contributed by atoms with Crippen LogP contribution >= 0.6 is 0 Å². The maximum absolute atomic E-state index is 10.6. The van der Waals surface area contributed by atoms with Gasteiger partial charge in [-0.3, -0.25) is 9.78 Å². The number of nitrogens with zero attached hydrogens (tertiary/aromatic N) is 4. The van der Waals surface area contributed by atoms with Gasteiger partial charge in [0.05, 0.1) is 12.4 Å². The third-order valence-corrected chi connectivity index (χ3v) is 2.59. The standard InChI is InChI=1S/C10H14N4O/c1-13-2-4-14(5-3-13)10-7-11-6-9(8-15)12-10/h6-8H,2-5H2,1H3. The first-order valence-corrected chi connectivity index (χ1v) is 5.00. The summed E-state index contributed by atoms with van der Waals surface area (Å²) in [7, 11) is 2.10. The van der Waals surface area contributed by atoms with Crippen LogP contribution in [0, 0.1) is 0 Å². The second-order valence-corrected chi connectivity index (χ2v) is 3.71. The third kappa shape index (κ3) is 2.30. The molecule has 1 saturated heterocycles. The van der Waals surface area contributed by atoms with E-state index < -0.39 is 0 Å². The third-order valence-electron chi connectivity index (χ3n) is 2.59. The molecule has 0 N–H and O–H groups in total. The predicted molar refractivity (Wildman–Crippen MR) is 57.1 cm³/mol. The minimum Gasteiger partial charge on any atom is -0.353 e. The highest BCUT2D eigenvalue weighted by molar-refractivity contribution is 5.71. The smallest absolute Gasteiger partial charge is 0.170 e. The van der Waals surface area contributed by atoms with Gasteiger partial charge in [-0.25, -0.2) is 4.98 Å². The van der Waals surface area contributed by atoms with Gasteiger partial charge in [-0.05, 0) is 7.05 Å². The summed E-state index contributed by atoms with van der Waals surface area (Å²) in [4.78, 5) is 23.2. The molecule has 15 heavy (non-hydrogen) atoms. The molecule has 2 rings (SSSR count). The van der Waals surface area contributed by atoms with E-state index in [0.29, 0.717) is 5.69 Å². The number of carbonyl (C=O) groups excluding carboxylic acids is 1. The van der Waals surface area contributed by atoms with Crippen molar-refractivity contribution in [1.82, 2.24) is 14.9 Å². The van der Waals surface area contributed by atoms with E-state index in [9.17, 15) is 4.79 Å². The first-order valence-electron chi connectivity index (χ1n) is 5.00. The number of anilines is 1. The van der Waals surface area contributed by atoms with E-state index in [-0.39, 0.29) is 0 Å². The van der Waals surface area contributed by atoms with E-state index >= 15 is 0 Å². The van der Waals surface area contributed by atoms with E-state index in [1.807, 2.05) is 0 Å². The van der Waals surface area contributed by atoms with Crippen LogP contribution in [0.25, 0.3) is 0 Å². The van der Waals surface area contributed by atoms with E-state index in [2.05, 4.69) is 26.8 Å². The molecule has 5 heteroatoms. The van der Waals surface area contributed by atoms with Crippen LogP contribution in [0.15, 0.2) is 12.4 Å². The molecule has 1 fully saturated rings. The molecule has 0 radical (unpaired) electrons. The van der Waals surface area contributed by atoms with Gasteiger partial charge in [0.1, 0.15) is 11.5 Å². The Morgan fingerprint density at radius 2 is 2.00 bits per heavy atom. The molecule has 0 amide bonds. The number of likely N-dealkylation sites (N-methyl/N-ethyl adjacent to an activating group) is 1. The second-order valence-electron chi connectivity index (χ2n) is 3.71. The molecule has 0 saturated carbocycles. The summed E-state index contributed by atoms with van der Waals surface area (Å²) in [5.41, 5.74) is 0.395. The number of rotatable bonds is 2. The van der Waals surface area contributed by atoms with Crippen molar-refractivity contribution in [3.05, 3.63) is 18.1 Å². The van der Waals surface area contributed by atoms with Crippen LogP contribution in [0.4, 0.5) is 5.82 Å². The molecular formula is C10H14N4O. The molecule has 2 heterocycles. The number of piperazine rings is 1. The lowest BCUT2D eigenvalue weighted by molar-refractivity contribution is 0.111. The van der Waals surface area contributed by atoms with Crippen LogP contribution in [-0.4, -0.2) is 54.4 Å². The van der Waals surface area contributed by atoms with Crippen molar-refractivity contribution in [3.8, 4) is 0 Å². The van der Waals surface area contributed by atoms with Crippen LogP contribution in [0.2, 0.25) is 0 Å². The van der Waals surface area contributed by atoms with Crippen LogP contribution in [-0.2, 0) is 0 Å².